The van der Waals surface area contributed by atoms with Crippen LogP contribution in [0.3, 0.4) is 0 Å². The van der Waals surface area contributed by atoms with Gasteiger partial charge in [0.2, 0.25) is 5.91 Å². The molecule has 0 aromatic heterocycles. The molecule has 1 fully saturated rings. The number of amides is 1. The highest BCUT2D eigenvalue weighted by atomic mass is 79.9. The molecule has 124 valence electrons. The van der Waals surface area contributed by atoms with E-state index in [0.717, 1.165) is 34.3 Å². The number of esters is 1. The average Bonchev–Trinajstić information content (AvgIpc) is 3.01. The minimum atomic E-state index is -0.268. The van der Waals surface area contributed by atoms with Gasteiger partial charge in [-0.3, -0.25) is 9.59 Å². The highest BCUT2D eigenvalue weighted by Crippen LogP contribution is 2.22. The van der Waals surface area contributed by atoms with E-state index in [4.69, 9.17) is 4.74 Å². The molecule has 3 rings (SSSR count). The predicted octanol–water partition coefficient (Wildman–Crippen LogP) is 3.86. The Balaban J connectivity index is 1.55. The van der Waals surface area contributed by atoms with Crippen molar-refractivity contribution in [1.82, 2.24) is 0 Å². The van der Waals surface area contributed by atoms with Crippen LogP contribution < -0.4 is 4.90 Å². The molecule has 0 bridgehead atoms. The summed E-state index contributed by atoms with van der Waals surface area (Å²) in [6.07, 6.45) is 1.74. The molecule has 1 heterocycles. The Labute approximate surface area is 149 Å². The monoisotopic (exact) mass is 387 g/mol. The van der Waals surface area contributed by atoms with Crippen molar-refractivity contribution in [1.29, 1.82) is 0 Å². The maximum Gasteiger partial charge on any atom is 0.310 e. The van der Waals surface area contributed by atoms with E-state index in [9.17, 15) is 9.59 Å². The van der Waals surface area contributed by atoms with E-state index in [2.05, 4.69) is 15.9 Å². The van der Waals surface area contributed by atoms with Crippen LogP contribution in [0.15, 0.2) is 53.0 Å². The molecule has 4 nitrogen and oxygen atoms in total. The number of hydrogen-bond donors (Lipinski definition) is 0. The summed E-state index contributed by atoms with van der Waals surface area (Å²) in [6.45, 7) is 1.02. The molecule has 0 radical (unpaired) electrons. The zero-order valence-electron chi connectivity index (χ0n) is 13.2. The lowest BCUT2D eigenvalue weighted by Gasteiger charge is -2.15. The van der Waals surface area contributed by atoms with Gasteiger partial charge in [-0.25, -0.2) is 0 Å². The van der Waals surface area contributed by atoms with Gasteiger partial charge in [-0.15, -0.1) is 0 Å². The second-order valence-electron chi connectivity index (χ2n) is 5.74. The van der Waals surface area contributed by atoms with Crippen molar-refractivity contribution in [2.45, 2.75) is 25.9 Å². The van der Waals surface area contributed by atoms with Crippen LogP contribution in [0.2, 0.25) is 0 Å². The minimum Gasteiger partial charge on any atom is -0.461 e. The van der Waals surface area contributed by atoms with E-state index in [1.807, 2.05) is 48.5 Å². The lowest BCUT2D eigenvalue weighted by Crippen LogP contribution is -2.23. The summed E-state index contributed by atoms with van der Waals surface area (Å²) in [5.74, 6) is -0.105. The van der Waals surface area contributed by atoms with Gasteiger partial charge in [-0.2, -0.15) is 0 Å². The molecule has 24 heavy (non-hydrogen) atoms. The number of hydrogen-bond acceptors (Lipinski definition) is 3. The Hall–Kier alpha value is -2.14. The first-order valence-electron chi connectivity index (χ1n) is 7.92. The molecule has 0 N–H and O–H groups in total. The zero-order valence-corrected chi connectivity index (χ0v) is 14.8. The van der Waals surface area contributed by atoms with Crippen LogP contribution in [0.1, 0.15) is 24.0 Å². The number of carbonyl (C=O) groups is 2. The Kier molecular flexibility index (Phi) is 5.30. The fourth-order valence-corrected chi connectivity index (χ4v) is 3.11. The predicted molar refractivity (Wildman–Crippen MR) is 95.7 cm³/mol. The molecule has 1 amide bonds. The van der Waals surface area contributed by atoms with Crippen LogP contribution in [0, 0.1) is 0 Å². The van der Waals surface area contributed by atoms with Crippen LogP contribution in [-0.2, 0) is 27.4 Å². The largest absolute Gasteiger partial charge is 0.461 e. The average molecular weight is 388 g/mol. The van der Waals surface area contributed by atoms with Gasteiger partial charge in [0.25, 0.3) is 0 Å². The SMILES string of the molecule is O=C(Cc1ccc(N2CCCC2=O)cc1)OCc1ccccc1Br. The summed E-state index contributed by atoms with van der Waals surface area (Å²) in [7, 11) is 0. The Morgan fingerprint density at radius 1 is 1.12 bits per heavy atom. The van der Waals surface area contributed by atoms with Crippen LogP contribution in [0.25, 0.3) is 0 Å². The number of ether oxygens (including phenoxy) is 1. The molecular formula is C19H18BrNO3. The summed E-state index contributed by atoms with van der Waals surface area (Å²) < 4.78 is 6.25. The Morgan fingerprint density at radius 3 is 2.54 bits per heavy atom. The van der Waals surface area contributed by atoms with Crippen LogP contribution in [0.4, 0.5) is 5.69 Å². The van der Waals surface area contributed by atoms with E-state index in [1.165, 1.54) is 0 Å². The number of nitrogens with zero attached hydrogens (tertiary/aromatic N) is 1. The smallest absolute Gasteiger partial charge is 0.310 e. The van der Waals surface area contributed by atoms with Gasteiger partial charge in [0.05, 0.1) is 6.42 Å². The van der Waals surface area contributed by atoms with E-state index < -0.39 is 0 Å². The fraction of sp³-hybridized carbons (Fsp3) is 0.263. The van der Waals surface area contributed by atoms with Gasteiger partial charge in [0.15, 0.2) is 0 Å². The summed E-state index contributed by atoms with van der Waals surface area (Å²) >= 11 is 3.43. The molecule has 0 spiro atoms. The second kappa shape index (κ2) is 7.62. The van der Waals surface area contributed by atoms with Crippen molar-refractivity contribution in [2.75, 3.05) is 11.4 Å². The first-order chi connectivity index (χ1) is 11.6. The molecule has 1 aliphatic heterocycles. The van der Waals surface area contributed by atoms with Crippen molar-refractivity contribution in [2.24, 2.45) is 0 Å². The van der Waals surface area contributed by atoms with Crippen molar-refractivity contribution in [3.8, 4) is 0 Å². The fourth-order valence-electron chi connectivity index (χ4n) is 2.71. The summed E-state index contributed by atoms with van der Waals surface area (Å²) in [4.78, 5) is 25.5. The number of carbonyl (C=O) groups excluding carboxylic acids is 2. The number of halogens is 1. The molecule has 0 aliphatic carbocycles. The molecule has 1 saturated heterocycles. The topological polar surface area (TPSA) is 46.6 Å². The van der Waals surface area contributed by atoms with Crippen molar-refractivity contribution < 1.29 is 14.3 Å². The first kappa shape index (κ1) is 16.7. The first-order valence-corrected chi connectivity index (χ1v) is 8.71. The van der Waals surface area contributed by atoms with Gasteiger partial charge in [-0.05, 0) is 30.2 Å². The standard InChI is InChI=1S/C19H18BrNO3/c20-17-5-2-1-4-15(17)13-24-19(23)12-14-7-9-16(10-8-14)21-11-3-6-18(21)22/h1-2,4-5,7-10H,3,6,11-13H2. The van der Waals surface area contributed by atoms with E-state index in [-0.39, 0.29) is 24.9 Å². The minimum absolute atomic E-state index is 0.163. The van der Waals surface area contributed by atoms with Gasteiger partial charge in [-0.1, -0.05) is 46.3 Å². The van der Waals surface area contributed by atoms with Crippen molar-refractivity contribution in [3.05, 3.63) is 64.1 Å². The lowest BCUT2D eigenvalue weighted by molar-refractivity contribution is -0.144. The highest BCUT2D eigenvalue weighted by molar-refractivity contribution is 9.10. The molecule has 2 aromatic carbocycles. The molecule has 0 atom stereocenters. The second-order valence-corrected chi connectivity index (χ2v) is 6.60. The van der Waals surface area contributed by atoms with Gasteiger partial charge < -0.3 is 9.64 Å². The van der Waals surface area contributed by atoms with Crippen LogP contribution in [0.5, 0.6) is 0 Å². The number of rotatable bonds is 5. The summed E-state index contributed by atoms with van der Waals surface area (Å²) in [5.41, 5.74) is 2.71. The third-order valence-electron chi connectivity index (χ3n) is 4.02. The molecular weight excluding hydrogens is 370 g/mol. The maximum atomic E-state index is 12.0. The quantitative estimate of drug-likeness (QED) is 0.731. The van der Waals surface area contributed by atoms with Crippen molar-refractivity contribution >= 4 is 33.5 Å². The normalized spacial score (nSPS) is 14.0. The zero-order chi connectivity index (χ0) is 16.9. The summed E-state index contributed by atoms with van der Waals surface area (Å²) in [6, 6.07) is 15.2. The number of benzene rings is 2. The van der Waals surface area contributed by atoms with E-state index in [1.54, 1.807) is 4.90 Å². The molecule has 1 aliphatic rings. The third-order valence-corrected chi connectivity index (χ3v) is 4.79. The van der Waals surface area contributed by atoms with E-state index in [0.29, 0.717) is 6.42 Å². The molecule has 0 unspecified atom stereocenters. The Bertz CT molecular complexity index is 743. The lowest BCUT2D eigenvalue weighted by atomic mass is 10.1. The highest BCUT2D eigenvalue weighted by Gasteiger charge is 2.21. The molecule has 0 saturated carbocycles. The molecule has 2 aromatic rings. The van der Waals surface area contributed by atoms with Gasteiger partial charge in [0, 0.05) is 28.7 Å². The summed E-state index contributed by atoms with van der Waals surface area (Å²) in [5, 5.41) is 0. The molecule has 5 heteroatoms. The third kappa shape index (κ3) is 4.03. The maximum absolute atomic E-state index is 12.0. The Morgan fingerprint density at radius 2 is 1.88 bits per heavy atom. The number of anilines is 1. The van der Waals surface area contributed by atoms with Crippen molar-refractivity contribution in [3.63, 3.8) is 0 Å². The van der Waals surface area contributed by atoms with E-state index >= 15 is 0 Å². The van der Waals surface area contributed by atoms with Crippen LogP contribution >= 0.6 is 15.9 Å². The van der Waals surface area contributed by atoms with Gasteiger partial charge in [0.1, 0.15) is 6.61 Å². The van der Waals surface area contributed by atoms with Crippen LogP contribution in [-0.4, -0.2) is 18.4 Å². The van der Waals surface area contributed by atoms with Gasteiger partial charge >= 0.3 is 5.97 Å².